The molecule has 1 aliphatic rings. The summed E-state index contributed by atoms with van der Waals surface area (Å²) in [4.78, 5) is 18.6. The number of ether oxygens (including phenoxy) is 1. The zero-order valence-electron chi connectivity index (χ0n) is 11.8. The lowest BCUT2D eigenvalue weighted by Gasteiger charge is -2.36. The standard InChI is InChI=1S/C14H17N3O3/c1-8-7-19-9(2)6-17(8)14(18)11-4-12-10(3)16-20-13(12)15-5-11/h4-5,8-9H,6-7H2,1-3H3. The number of pyridine rings is 1. The molecule has 106 valence electrons. The zero-order valence-corrected chi connectivity index (χ0v) is 11.8. The molecule has 1 amide bonds. The van der Waals surface area contributed by atoms with Crippen LogP contribution in [-0.4, -0.2) is 46.2 Å². The van der Waals surface area contributed by atoms with E-state index in [1.54, 1.807) is 12.3 Å². The first-order chi connectivity index (χ1) is 9.56. The van der Waals surface area contributed by atoms with Gasteiger partial charge in [-0.2, -0.15) is 0 Å². The van der Waals surface area contributed by atoms with Gasteiger partial charge in [0.1, 0.15) is 0 Å². The van der Waals surface area contributed by atoms with Gasteiger partial charge >= 0.3 is 0 Å². The van der Waals surface area contributed by atoms with Crippen LogP contribution < -0.4 is 0 Å². The van der Waals surface area contributed by atoms with Gasteiger partial charge in [0, 0.05) is 12.7 Å². The van der Waals surface area contributed by atoms with Crippen LogP contribution in [0.25, 0.3) is 11.1 Å². The quantitative estimate of drug-likeness (QED) is 0.793. The van der Waals surface area contributed by atoms with Gasteiger partial charge in [0.25, 0.3) is 11.6 Å². The van der Waals surface area contributed by atoms with E-state index in [1.165, 1.54) is 0 Å². The molecule has 1 fully saturated rings. The van der Waals surface area contributed by atoms with Gasteiger partial charge in [-0.3, -0.25) is 4.79 Å². The first-order valence-electron chi connectivity index (χ1n) is 6.71. The summed E-state index contributed by atoms with van der Waals surface area (Å²) in [7, 11) is 0. The molecule has 1 saturated heterocycles. The highest BCUT2D eigenvalue weighted by Gasteiger charge is 2.28. The van der Waals surface area contributed by atoms with Crippen LogP contribution in [0.2, 0.25) is 0 Å². The SMILES string of the molecule is Cc1noc2ncc(C(=O)N3CC(C)OCC3C)cc12. The van der Waals surface area contributed by atoms with E-state index in [1.807, 2.05) is 25.7 Å². The topological polar surface area (TPSA) is 68.5 Å². The molecule has 20 heavy (non-hydrogen) atoms. The summed E-state index contributed by atoms with van der Waals surface area (Å²) >= 11 is 0. The second-order valence-corrected chi connectivity index (χ2v) is 5.30. The van der Waals surface area contributed by atoms with Crippen molar-refractivity contribution in [3.8, 4) is 0 Å². The molecule has 2 atom stereocenters. The maximum atomic E-state index is 12.6. The molecule has 0 spiro atoms. The smallest absolute Gasteiger partial charge is 0.257 e. The van der Waals surface area contributed by atoms with Crippen molar-refractivity contribution in [2.45, 2.75) is 32.9 Å². The van der Waals surface area contributed by atoms with E-state index in [9.17, 15) is 4.79 Å². The van der Waals surface area contributed by atoms with Crippen LogP contribution in [0.15, 0.2) is 16.8 Å². The minimum absolute atomic E-state index is 0.0253. The predicted octanol–water partition coefficient (Wildman–Crippen LogP) is 1.78. The fraction of sp³-hybridized carbons (Fsp3) is 0.500. The summed E-state index contributed by atoms with van der Waals surface area (Å²) in [5, 5.41) is 4.64. The number of amides is 1. The number of aromatic nitrogens is 2. The van der Waals surface area contributed by atoms with E-state index < -0.39 is 0 Å². The number of rotatable bonds is 1. The van der Waals surface area contributed by atoms with Crippen molar-refractivity contribution in [1.29, 1.82) is 0 Å². The second-order valence-electron chi connectivity index (χ2n) is 5.30. The average Bonchev–Trinajstić information content (AvgIpc) is 2.82. The van der Waals surface area contributed by atoms with Gasteiger partial charge in [-0.15, -0.1) is 0 Å². The Morgan fingerprint density at radius 1 is 1.45 bits per heavy atom. The Morgan fingerprint density at radius 3 is 3.05 bits per heavy atom. The van der Waals surface area contributed by atoms with Crippen molar-refractivity contribution in [3.63, 3.8) is 0 Å². The van der Waals surface area contributed by atoms with E-state index in [2.05, 4.69) is 10.1 Å². The Balaban J connectivity index is 1.93. The number of fused-ring (bicyclic) bond motifs is 1. The van der Waals surface area contributed by atoms with Crippen molar-refractivity contribution >= 4 is 17.0 Å². The lowest BCUT2D eigenvalue weighted by molar-refractivity contribution is -0.0387. The summed E-state index contributed by atoms with van der Waals surface area (Å²) in [5.41, 5.74) is 1.76. The average molecular weight is 275 g/mol. The fourth-order valence-corrected chi connectivity index (χ4v) is 2.41. The molecule has 0 saturated carbocycles. The fourth-order valence-electron chi connectivity index (χ4n) is 2.41. The Kier molecular flexibility index (Phi) is 3.17. The lowest BCUT2D eigenvalue weighted by Crippen LogP contribution is -2.50. The molecule has 0 radical (unpaired) electrons. The number of hydrogen-bond acceptors (Lipinski definition) is 5. The largest absolute Gasteiger partial charge is 0.375 e. The number of morpholine rings is 1. The third-order valence-electron chi connectivity index (χ3n) is 3.63. The molecule has 2 unspecified atom stereocenters. The molecule has 0 aliphatic carbocycles. The highest BCUT2D eigenvalue weighted by molar-refractivity contribution is 5.97. The molecular formula is C14H17N3O3. The van der Waals surface area contributed by atoms with Gasteiger partial charge in [0.2, 0.25) is 0 Å². The summed E-state index contributed by atoms with van der Waals surface area (Å²) < 4.78 is 10.6. The van der Waals surface area contributed by atoms with Crippen molar-refractivity contribution in [3.05, 3.63) is 23.5 Å². The molecule has 2 aromatic heterocycles. The molecule has 1 aliphatic heterocycles. The Hall–Kier alpha value is -1.95. The maximum absolute atomic E-state index is 12.6. The molecule has 0 aromatic carbocycles. The molecule has 0 bridgehead atoms. The van der Waals surface area contributed by atoms with Crippen molar-refractivity contribution < 1.29 is 14.1 Å². The van der Waals surface area contributed by atoms with Gasteiger partial charge in [0.15, 0.2) is 0 Å². The lowest BCUT2D eigenvalue weighted by atomic mass is 10.1. The molecule has 2 aromatic rings. The molecular weight excluding hydrogens is 258 g/mol. The van der Waals surface area contributed by atoms with Gasteiger partial charge in [-0.05, 0) is 26.8 Å². The van der Waals surface area contributed by atoms with Crippen LogP contribution in [0.5, 0.6) is 0 Å². The summed E-state index contributed by atoms with van der Waals surface area (Å²) in [5.74, 6) is -0.0253. The summed E-state index contributed by atoms with van der Waals surface area (Å²) in [6, 6.07) is 1.86. The number of aryl methyl sites for hydroxylation is 1. The van der Waals surface area contributed by atoms with E-state index >= 15 is 0 Å². The monoisotopic (exact) mass is 275 g/mol. The molecule has 6 heteroatoms. The number of carbonyl (C=O) groups excluding carboxylic acids is 1. The van der Waals surface area contributed by atoms with E-state index in [0.717, 1.165) is 11.1 Å². The third kappa shape index (κ3) is 2.16. The van der Waals surface area contributed by atoms with Crippen LogP contribution in [-0.2, 0) is 4.74 Å². The molecule has 6 nitrogen and oxygen atoms in total. The highest BCUT2D eigenvalue weighted by atomic mass is 16.5. The molecule has 3 rings (SSSR count). The zero-order chi connectivity index (χ0) is 14.3. The number of hydrogen-bond donors (Lipinski definition) is 0. The normalized spacial score (nSPS) is 23.2. The van der Waals surface area contributed by atoms with Crippen molar-refractivity contribution in [1.82, 2.24) is 15.0 Å². The number of nitrogens with zero attached hydrogens (tertiary/aromatic N) is 3. The Labute approximate surface area is 116 Å². The van der Waals surface area contributed by atoms with Crippen molar-refractivity contribution in [2.75, 3.05) is 13.2 Å². The first-order valence-corrected chi connectivity index (χ1v) is 6.71. The van der Waals surface area contributed by atoms with Gasteiger partial charge in [-0.25, -0.2) is 4.98 Å². The van der Waals surface area contributed by atoms with E-state index in [0.29, 0.717) is 24.4 Å². The van der Waals surface area contributed by atoms with Gasteiger partial charge in [-0.1, -0.05) is 5.16 Å². The molecule has 0 N–H and O–H groups in total. The third-order valence-corrected chi connectivity index (χ3v) is 3.63. The molecule has 3 heterocycles. The first kappa shape index (κ1) is 13.1. The Morgan fingerprint density at radius 2 is 2.25 bits per heavy atom. The van der Waals surface area contributed by atoms with E-state index in [-0.39, 0.29) is 18.1 Å². The predicted molar refractivity (Wildman–Crippen MR) is 72.5 cm³/mol. The van der Waals surface area contributed by atoms with Crippen LogP contribution in [0.3, 0.4) is 0 Å². The summed E-state index contributed by atoms with van der Waals surface area (Å²) in [6.45, 7) is 6.95. The highest BCUT2D eigenvalue weighted by Crippen LogP contribution is 2.20. The van der Waals surface area contributed by atoms with Crippen LogP contribution in [0, 0.1) is 6.92 Å². The van der Waals surface area contributed by atoms with Crippen molar-refractivity contribution in [2.24, 2.45) is 0 Å². The Bertz CT molecular complexity index is 652. The number of carbonyl (C=O) groups is 1. The maximum Gasteiger partial charge on any atom is 0.257 e. The summed E-state index contributed by atoms with van der Waals surface area (Å²) in [6.07, 6.45) is 1.60. The van der Waals surface area contributed by atoms with Crippen LogP contribution in [0.4, 0.5) is 0 Å². The second kappa shape index (κ2) is 4.86. The van der Waals surface area contributed by atoms with Gasteiger partial charge in [0.05, 0.1) is 35.4 Å². The minimum atomic E-state index is -0.0253. The van der Waals surface area contributed by atoms with E-state index in [4.69, 9.17) is 9.26 Å². The van der Waals surface area contributed by atoms with Gasteiger partial charge < -0.3 is 14.2 Å². The van der Waals surface area contributed by atoms with Crippen LogP contribution in [0.1, 0.15) is 29.9 Å². The minimum Gasteiger partial charge on any atom is -0.375 e. The van der Waals surface area contributed by atoms with Crippen LogP contribution >= 0.6 is 0 Å².